The van der Waals surface area contributed by atoms with Gasteiger partial charge in [0.15, 0.2) is 10.3 Å². The third-order valence-corrected chi connectivity index (χ3v) is 2.52. The Morgan fingerprint density at radius 3 is 3.00 bits per heavy atom. The van der Waals surface area contributed by atoms with Crippen LogP contribution in [-0.2, 0) is 0 Å². The molecule has 0 amide bonds. The van der Waals surface area contributed by atoms with Crippen molar-refractivity contribution in [3.63, 3.8) is 0 Å². The fourth-order valence-corrected chi connectivity index (χ4v) is 1.71. The minimum absolute atomic E-state index is 0.500. The van der Waals surface area contributed by atoms with Gasteiger partial charge < -0.3 is 5.32 Å². The Hall–Kier alpha value is -1.21. The molecule has 0 aliphatic heterocycles. The van der Waals surface area contributed by atoms with E-state index in [1.165, 1.54) is 11.8 Å². The summed E-state index contributed by atoms with van der Waals surface area (Å²) in [5.41, 5.74) is 4.39. The van der Waals surface area contributed by atoms with Crippen molar-refractivity contribution in [3.05, 3.63) is 17.5 Å². The van der Waals surface area contributed by atoms with Crippen molar-refractivity contribution in [2.24, 2.45) is 5.10 Å². The first-order valence-corrected chi connectivity index (χ1v) is 6.75. The Balaban J connectivity index is 2.64. The van der Waals surface area contributed by atoms with E-state index >= 15 is 0 Å². The smallest absolute Gasteiger partial charge is 0.188 e. The van der Waals surface area contributed by atoms with Crippen molar-refractivity contribution >= 4 is 35.3 Å². The van der Waals surface area contributed by atoms with Gasteiger partial charge in [0.25, 0.3) is 0 Å². The molecule has 0 spiro atoms. The summed E-state index contributed by atoms with van der Waals surface area (Å²) >= 11 is 6.47. The van der Waals surface area contributed by atoms with E-state index in [9.17, 15) is 0 Å². The zero-order valence-corrected chi connectivity index (χ0v) is 11.7. The lowest BCUT2D eigenvalue weighted by Gasteiger charge is -2.03. The monoisotopic (exact) mass is 269 g/mol. The summed E-state index contributed by atoms with van der Waals surface area (Å²) in [5, 5.41) is 8.17. The highest BCUT2D eigenvalue weighted by Crippen LogP contribution is 2.09. The molecule has 0 unspecified atom stereocenters. The number of nitrogens with one attached hydrogen (secondary N) is 2. The van der Waals surface area contributed by atoms with Crippen molar-refractivity contribution in [1.29, 1.82) is 0 Å². The molecule has 0 radical (unpaired) electrons. The number of hydrogen-bond donors (Lipinski definition) is 2. The highest BCUT2D eigenvalue weighted by molar-refractivity contribution is 7.98. The van der Waals surface area contributed by atoms with Crippen LogP contribution in [0.15, 0.2) is 16.3 Å². The number of aryl methyl sites for hydroxylation is 1. The van der Waals surface area contributed by atoms with E-state index in [4.69, 9.17) is 12.2 Å². The van der Waals surface area contributed by atoms with Gasteiger partial charge in [-0.3, -0.25) is 5.43 Å². The van der Waals surface area contributed by atoms with Crippen molar-refractivity contribution in [2.45, 2.75) is 19.0 Å². The van der Waals surface area contributed by atoms with Crippen LogP contribution < -0.4 is 10.7 Å². The topological polar surface area (TPSA) is 62.2 Å². The number of aromatic nitrogens is 2. The molecule has 0 saturated carbocycles. The van der Waals surface area contributed by atoms with Crippen LogP contribution in [0.2, 0.25) is 0 Å². The molecule has 0 aliphatic rings. The molecule has 0 bridgehead atoms. The summed E-state index contributed by atoms with van der Waals surface area (Å²) in [6.45, 7) is 4.66. The molecule has 5 nitrogen and oxygen atoms in total. The van der Waals surface area contributed by atoms with E-state index in [0.717, 1.165) is 23.1 Å². The summed E-state index contributed by atoms with van der Waals surface area (Å²) in [6, 6.07) is 1.86. The summed E-state index contributed by atoms with van der Waals surface area (Å²) < 4.78 is 0. The van der Waals surface area contributed by atoms with Crippen LogP contribution in [-0.4, -0.2) is 34.1 Å². The Kier molecular flexibility index (Phi) is 5.85. The van der Waals surface area contributed by atoms with Gasteiger partial charge in [0, 0.05) is 12.2 Å². The predicted octanol–water partition coefficient (Wildman–Crippen LogP) is 1.32. The lowest BCUT2D eigenvalue weighted by atomic mass is 10.3. The molecular weight excluding hydrogens is 254 g/mol. The summed E-state index contributed by atoms with van der Waals surface area (Å²) in [7, 11) is 0. The number of rotatable bonds is 4. The zero-order valence-electron chi connectivity index (χ0n) is 10.0. The maximum absolute atomic E-state index is 4.97. The summed E-state index contributed by atoms with van der Waals surface area (Å²) in [4.78, 5) is 8.55. The Morgan fingerprint density at radius 2 is 2.35 bits per heavy atom. The second-order valence-corrected chi connectivity index (χ2v) is 4.33. The van der Waals surface area contributed by atoms with Crippen LogP contribution in [0, 0.1) is 6.92 Å². The van der Waals surface area contributed by atoms with Crippen molar-refractivity contribution in [2.75, 3.05) is 12.8 Å². The number of nitrogens with zero attached hydrogens (tertiary/aromatic N) is 3. The average molecular weight is 269 g/mol. The van der Waals surface area contributed by atoms with Gasteiger partial charge in [-0.25, -0.2) is 9.97 Å². The van der Waals surface area contributed by atoms with Crippen LogP contribution in [0.4, 0.5) is 0 Å². The highest BCUT2D eigenvalue weighted by atomic mass is 32.2. The van der Waals surface area contributed by atoms with Gasteiger partial charge in [-0.15, -0.1) is 0 Å². The van der Waals surface area contributed by atoms with Crippen molar-refractivity contribution in [3.8, 4) is 0 Å². The normalized spacial score (nSPS) is 10.5. The van der Waals surface area contributed by atoms with Gasteiger partial charge in [-0.1, -0.05) is 11.8 Å². The number of thiocarbonyl (C=S) groups is 1. The number of hydrogen-bond acceptors (Lipinski definition) is 5. The average Bonchev–Trinajstić information content (AvgIpc) is 2.28. The lowest BCUT2D eigenvalue weighted by Crippen LogP contribution is -2.31. The molecule has 0 aromatic carbocycles. The van der Waals surface area contributed by atoms with Gasteiger partial charge in [0.2, 0.25) is 0 Å². The third-order valence-electron chi connectivity index (χ3n) is 1.74. The van der Waals surface area contributed by atoms with Gasteiger partial charge in [-0.2, -0.15) is 5.10 Å². The summed E-state index contributed by atoms with van der Waals surface area (Å²) in [5.74, 6) is 0. The first-order chi connectivity index (χ1) is 8.15. The zero-order chi connectivity index (χ0) is 12.7. The molecule has 2 N–H and O–H groups in total. The molecule has 0 saturated heterocycles. The van der Waals surface area contributed by atoms with E-state index in [0.29, 0.717) is 5.11 Å². The fraction of sp³-hybridized carbons (Fsp3) is 0.400. The standard InChI is InChI=1S/C10H15N5S2/c1-4-11-9(16)15-12-6-8-5-7(2)13-10(14-8)17-3/h5-6H,4H2,1-3H3,(H2,11,15,16)/b12-6+. The van der Waals surface area contributed by atoms with Crippen LogP contribution in [0.3, 0.4) is 0 Å². The van der Waals surface area contributed by atoms with E-state index in [1.807, 2.05) is 26.2 Å². The molecule has 0 fully saturated rings. The molecule has 1 aromatic rings. The van der Waals surface area contributed by atoms with Gasteiger partial charge >= 0.3 is 0 Å². The Labute approximate surface area is 111 Å². The van der Waals surface area contributed by atoms with Gasteiger partial charge in [0.05, 0.1) is 11.9 Å². The van der Waals surface area contributed by atoms with Gasteiger partial charge in [0.1, 0.15) is 0 Å². The molecule has 92 valence electrons. The molecule has 1 aromatic heterocycles. The molecule has 0 aliphatic carbocycles. The van der Waals surface area contributed by atoms with Crippen LogP contribution >= 0.6 is 24.0 Å². The maximum Gasteiger partial charge on any atom is 0.188 e. The maximum atomic E-state index is 4.97. The minimum Gasteiger partial charge on any atom is -0.362 e. The third kappa shape index (κ3) is 5.10. The van der Waals surface area contributed by atoms with Crippen molar-refractivity contribution in [1.82, 2.24) is 20.7 Å². The van der Waals surface area contributed by atoms with E-state index < -0.39 is 0 Å². The van der Waals surface area contributed by atoms with Gasteiger partial charge in [-0.05, 0) is 38.4 Å². The highest BCUT2D eigenvalue weighted by Gasteiger charge is 1.98. The van der Waals surface area contributed by atoms with E-state index in [1.54, 1.807) is 6.21 Å². The van der Waals surface area contributed by atoms with E-state index in [2.05, 4.69) is 25.8 Å². The first-order valence-electron chi connectivity index (χ1n) is 5.12. The largest absolute Gasteiger partial charge is 0.362 e. The first kappa shape index (κ1) is 13.9. The Morgan fingerprint density at radius 1 is 1.59 bits per heavy atom. The molecular formula is C10H15N5S2. The molecule has 1 heterocycles. The lowest BCUT2D eigenvalue weighted by molar-refractivity contribution is 0.898. The fourth-order valence-electron chi connectivity index (χ4n) is 1.08. The number of hydrazone groups is 1. The molecule has 0 atom stereocenters. The quantitative estimate of drug-likeness (QED) is 0.283. The van der Waals surface area contributed by atoms with Crippen molar-refractivity contribution < 1.29 is 0 Å². The second kappa shape index (κ2) is 7.18. The van der Waals surface area contributed by atoms with E-state index in [-0.39, 0.29) is 0 Å². The number of thioether (sulfide) groups is 1. The molecule has 17 heavy (non-hydrogen) atoms. The molecule has 7 heteroatoms. The Bertz CT molecular complexity index is 419. The van der Waals surface area contributed by atoms with Crippen LogP contribution in [0.5, 0.6) is 0 Å². The summed E-state index contributed by atoms with van der Waals surface area (Å²) in [6.07, 6.45) is 3.56. The predicted molar refractivity (Wildman–Crippen MR) is 75.6 cm³/mol. The van der Waals surface area contributed by atoms with Crippen LogP contribution in [0.1, 0.15) is 18.3 Å². The SMILES string of the molecule is CCNC(=S)N/N=C/c1cc(C)nc(SC)n1. The molecule has 1 rings (SSSR count). The van der Waals surface area contributed by atoms with Crippen LogP contribution in [0.25, 0.3) is 0 Å². The minimum atomic E-state index is 0.500. The second-order valence-electron chi connectivity index (χ2n) is 3.15.